The number of ether oxygens (including phenoxy) is 1. The molecule has 6 nitrogen and oxygen atoms in total. The highest BCUT2D eigenvalue weighted by Gasteiger charge is 2.29. The highest BCUT2D eigenvalue weighted by molar-refractivity contribution is 6.30. The lowest BCUT2D eigenvalue weighted by atomic mass is 10.0. The molecule has 164 valence electrons. The topological polar surface area (TPSA) is 79.9 Å². The van der Waals surface area contributed by atoms with E-state index < -0.39 is 18.7 Å². The lowest BCUT2D eigenvalue weighted by Crippen LogP contribution is -2.29. The number of nitrogens with one attached hydrogen (secondary N) is 2. The van der Waals surface area contributed by atoms with Crippen LogP contribution >= 0.6 is 11.6 Å². The second-order valence-electron chi connectivity index (χ2n) is 6.81. The van der Waals surface area contributed by atoms with Crippen molar-refractivity contribution in [1.82, 2.24) is 20.5 Å². The van der Waals surface area contributed by atoms with Crippen LogP contribution in [0.5, 0.6) is 5.88 Å². The monoisotopic (exact) mass is 452 g/mol. The number of rotatable bonds is 8. The standard InChI is InChI=1S/C21H20ClF3N4O2/c1-2-3-17(18-8-9-27-29-18)28-19(30)14-10-16(13-4-6-15(22)7-5-13)20(26-11-14)31-12-21(23,24)25/h4-11,17H,2-3,12H2,1H3,(H,27,29)(H,28,30). The van der Waals surface area contributed by atoms with Crippen LogP contribution in [0.15, 0.2) is 48.8 Å². The summed E-state index contributed by atoms with van der Waals surface area (Å²) in [7, 11) is 0. The largest absolute Gasteiger partial charge is 0.468 e. The number of hydrogen-bond acceptors (Lipinski definition) is 4. The molecule has 2 N–H and O–H groups in total. The molecule has 1 amide bonds. The van der Waals surface area contributed by atoms with E-state index in [1.165, 1.54) is 12.3 Å². The van der Waals surface area contributed by atoms with Gasteiger partial charge in [0.15, 0.2) is 6.61 Å². The van der Waals surface area contributed by atoms with Gasteiger partial charge in [-0.1, -0.05) is 37.1 Å². The summed E-state index contributed by atoms with van der Waals surface area (Å²) in [5.41, 5.74) is 1.71. The summed E-state index contributed by atoms with van der Waals surface area (Å²) in [6, 6.07) is 9.34. The van der Waals surface area contributed by atoms with Gasteiger partial charge in [0, 0.05) is 23.0 Å². The Hall–Kier alpha value is -3.07. The van der Waals surface area contributed by atoms with Crippen LogP contribution in [0.25, 0.3) is 11.1 Å². The molecule has 1 unspecified atom stereocenters. The average molecular weight is 453 g/mol. The molecule has 31 heavy (non-hydrogen) atoms. The SMILES string of the molecule is CCCC(NC(=O)c1cnc(OCC(F)(F)F)c(-c2ccc(Cl)cc2)c1)c1ccn[nH]1. The summed E-state index contributed by atoms with van der Waals surface area (Å²) in [6.07, 6.45) is -0.235. The molecule has 0 aliphatic heterocycles. The Labute approximate surface area is 181 Å². The van der Waals surface area contributed by atoms with Gasteiger partial charge in [-0.05, 0) is 36.2 Å². The first-order valence-electron chi connectivity index (χ1n) is 9.52. The number of hydrogen-bond donors (Lipinski definition) is 2. The Morgan fingerprint density at radius 1 is 1.26 bits per heavy atom. The summed E-state index contributed by atoms with van der Waals surface area (Å²) in [5.74, 6) is -0.645. The molecular formula is C21H20ClF3N4O2. The van der Waals surface area contributed by atoms with Crippen LogP contribution in [-0.4, -0.2) is 33.9 Å². The van der Waals surface area contributed by atoms with Crippen molar-refractivity contribution in [3.8, 4) is 17.0 Å². The minimum Gasteiger partial charge on any atom is -0.468 e. The maximum absolute atomic E-state index is 12.9. The molecule has 0 spiro atoms. The lowest BCUT2D eigenvalue weighted by Gasteiger charge is -2.18. The van der Waals surface area contributed by atoms with Crippen molar-refractivity contribution in [1.29, 1.82) is 0 Å². The number of benzene rings is 1. The summed E-state index contributed by atoms with van der Waals surface area (Å²) in [5, 5.41) is 10.1. The summed E-state index contributed by atoms with van der Waals surface area (Å²) in [4.78, 5) is 16.8. The van der Waals surface area contributed by atoms with Crippen LogP contribution in [0.2, 0.25) is 5.02 Å². The zero-order valence-corrected chi connectivity index (χ0v) is 17.3. The third-order valence-corrected chi connectivity index (χ3v) is 4.67. The van der Waals surface area contributed by atoms with Crippen molar-refractivity contribution in [3.63, 3.8) is 0 Å². The highest BCUT2D eigenvalue weighted by atomic mass is 35.5. The summed E-state index contributed by atoms with van der Waals surface area (Å²) in [6.45, 7) is 0.493. The van der Waals surface area contributed by atoms with Crippen molar-refractivity contribution < 1.29 is 22.7 Å². The second kappa shape index (κ2) is 9.82. The molecule has 1 atom stereocenters. The smallest absolute Gasteiger partial charge is 0.422 e. The molecule has 0 aliphatic carbocycles. The molecule has 0 saturated carbocycles. The number of pyridine rings is 1. The van der Waals surface area contributed by atoms with E-state index in [4.69, 9.17) is 16.3 Å². The van der Waals surface area contributed by atoms with E-state index >= 15 is 0 Å². The van der Waals surface area contributed by atoms with Crippen LogP contribution in [0.3, 0.4) is 0 Å². The number of aromatic amines is 1. The highest BCUT2D eigenvalue weighted by Crippen LogP contribution is 2.31. The molecule has 2 heterocycles. The molecule has 2 aromatic heterocycles. The quantitative estimate of drug-likeness (QED) is 0.483. The van der Waals surface area contributed by atoms with Gasteiger partial charge >= 0.3 is 6.18 Å². The van der Waals surface area contributed by atoms with E-state index in [1.54, 1.807) is 36.5 Å². The normalized spacial score (nSPS) is 12.4. The number of aromatic nitrogens is 3. The van der Waals surface area contributed by atoms with Crippen molar-refractivity contribution in [2.75, 3.05) is 6.61 Å². The van der Waals surface area contributed by atoms with Crippen LogP contribution in [0.1, 0.15) is 41.9 Å². The lowest BCUT2D eigenvalue weighted by molar-refractivity contribution is -0.154. The van der Waals surface area contributed by atoms with Crippen molar-refractivity contribution in [2.45, 2.75) is 32.0 Å². The molecule has 0 radical (unpaired) electrons. The Bertz CT molecular complexity index is 1010. The zero-order valence-electron chi connectivity index (χ0n) is 16.5. The average Bonchev–Trinajstić information content (AvgIpc) is 3.26. The number of alkyl halides is 3. The van der Waals surface area contributed by atoms with E-state index in [0.717, 1.165) is 12.1 Å². The molecular weight excluding hydrogens is 433 g/mol. The van der Waals surface area contributed by atoms with Gasteiger partial charge in [0.05, 0.1) is 17.3 Å². The number of amides is 1. The van der Waals surface area contributed by atoms with Gasteiger partial charge in [-0.15, -0.1) is 0 Å². The summed E-state index contributed by atoms with van der Waals surface area (Å²) < 4.78 is 42.8. The van der Waals surface area contributed by atoms with E-state index in [9.17, 15) is 18.0 Å². The first kappa shape index (κ1) is 22.6. The fourth-order valence-corrected chi connectivity index (χ4v) is 3.10. The van der Waals surface area contributed by atoms with Crippen LogP contribution in [0, 0.1) is 0 Å². The van der Waals surface area contributed by atoms with Crippen LogP contribution < -0.4 is 10.1 Å². The van der Waals surface area contributed by atoms with Gasteiger partial charge < -0.3 is 10.1 Å². The minimum absolute atomic E-state index is 0.185. The molecule has 0 aliphatic rings. The fraction of sp³-hybridized carbons (Fsp3) is 0.286. The predicted octanol–water partition coefficient (Wildman–Crippen LogP) is 5.34. The van der Waals surface area contributed by atoms with Gasteiger partial charge in [-0.25, -0.2) is 4.98 Å². The molecule has 0 bridgehead atoms. The number of carbonyl (C=O) groups is 1. The van der Waals surface area contributed by atoms with Gasteiger partial charge in [0.1, 0.15) is 0 Å². The first-order chi connectivity index (χ1) is 14.8. The molecule has 0 fully saturated rings. The second-order valence-corrected chi connectivity index (χ2v) is 7.25. The zero-order chi connectivity index (χ0) is 22.4. The van der Waals surface area contributed by atoms with Gasteiger partial charge in [0.25, 0.3) is 5.91 Å². The van der Waals surface area contributed by atoms with Crippen molar-refractivity contribution in [2.24, 2.45) is 0 Å². The first-order valence-corrected chi connectivity index (χ1v) is 9.90. The Morgan fingerprint density at radius 2 is 2.00 bits per heavy atom. The third-order valence-electron chi connectivity index (χ3n) is 4.42. The number of halogens is 4. The van der Waals surface area contributed by atoms with Crippen molar-refractivity contribution in [3.05, 3.63) is 65.1 Å². The number of nitrogens with zero attached hydrogens (tertiary/aromatic N) is 2. The Balaban J connectivity index is 1.90. The fourth-order valence-electron chi connectivity index (χ4n) is 2.97. The molecule has 1 aromatic carbocycles. The maximum Gasteiger partial charge on any atom is 0.422 e. The number of carbonyl (C=O) groups excluding carboxylic acids is 1. The molecule has 10 heteroatoms. The van der Waals surface area contributed by atoms with E-state index in [2.05, 4.69) is 20.5 Å². The molecule has 0 saturated heterocycles. The van der Waals surface area contributed by atoms with E-state index in [-0.39, 0.29) is 23.0 Å². The van der Waals surface area contributed by atoms with Crippen LogP contribution in [0.4, 0.5) is 13.2 Å². The van der Waals surface area contributed by atoms with Crippen LogP contribution in [-0.2, 0) is 0 Å². The molecule has 3 rings (SSSR count). The Morgan fingerprint density at radius 3 is 2.61 bits per heavy atom. The molecule has 3 aromatic rings. The third kappa shape index (κ3) is 6.21. The van der Waals surface area contributed by atoms with E-state index in [0.29, 0.717) is 17.0 Å². The van der Waals surface area contributed by atoms with Gasteiger partial charge in [-0.2, -0.15) is 18.3 Å². The van der Waals surface area contributed by atoms with Gasteiger partial charge in [-0.3, -0.25) is 9.89 Å². The van der Waals surface area contributed by atoms with E-state index in [1.807, 2.05) is 6.92 Å². The number of H-pyrrole nitrogens is 1. The van der Waals surface area contributed by atoms with Crippen molar-refractivity contribution >= 4 is 17.5 Å². The maximum atomic E-state index is 12.9. The predicted molar refractivity (Wildman–Crippen MR) is 110 cm³/mol. The van der Waals surface area contributed by atoms with Gasteiger partial charge in [0.2, 0.25) is 5.88 Å². The Kier molecular flexibility index (Phi) is 7.17. The minimum atomic E-state index is -4.52. The summed E-state index contributed by atoms with van der Waals surface area (Å²) >= 11 is 5.91.